The van der Waals surface area contributed by atoms with Gasteiger partial charge >= 0.3 is 0 Å². The molecular weight excluding hydrogens is 276 g/mol. The third-order valence-electron chi connectivity index (χ3n) is 4.24. The SMILES string of the molecule is COc1ccccc1CN1Cc2ccccc2CC1C(N)=O. The van der Waals surface area contributed by atoms with E-state index in [9.17, 15) is 4.79 Å². The van der Waals surface area contributed by atoms with Crippen molar-refractivity contribution < 1.29 is 9.53 Å². The molecule has 2 N–H and O–H groups in total. The molecule has 22 heavy (non-hydrogen) atoms. The number of methoxy groups -OCH3 is 1. The van der Waals surface area contributed by atoms with Crippen LogP contribution in [0, 0.1) is 0 Å². The van der Waals surface area contributed by atoms with E-state index in [0.717, 1.165) is 17.9 Å². The number of fused-ring (bicyclic) bond motifs is 1. The van der Waals surface area contributed by atoms with E-state index in [-0.39, 0.29) is 11.9 Å². The fourth-order valence-electron chi connectivity index (χ4n) is 3.08. The fraction of sp³-hybridized carbons (Fsp3) is 0.278. The molecule has 0 aromatic heterocycles. The standard InChI is InChI=1S/C18H20N2O2/c1-22-17-9-5-4-8-15(17)12-20-11-14-7-3-2-6-13(14)10-16(20)18(19)21/h2-9,16H,10-12H2,1H3,(H2,19,21). The van der Waals surface area contributed by atoms with Crippen LogP contribution < -0.4 is 10.5 Å². The lowest BCUT2D eigenvalue weighted by atomic mass is 9.93. The van der Waals surface area contributed by atoms with Gasteiger partial charge in [-0.25, -0.2) is 0 Å². The highest BCUT2D eigenvalue weighted by molar-refractivity contribution is 5.80. The normalized spacial score (nSPS) is 17.8. The fourth-order valence-corrected chi connectivity index (χ4v) is 3.08. The average Bonchev–Trinajstić information content (AvgIpc) is 2.54. The van der Waals surface area contributed by atoms with Crippen LogP contribution in [0.5, 0.6) is 5.75 Å². The molecule has 0 fully saturated rings. The quantitative estimate of drug-likeness (QED) is 0.940. The molecule has 114 valence electrons. The molecule has 0 aliphatic carbocycles. The van der Waals surface area contributed by atoms with Crippen molar-refractivity contribution in [1.29, 1.82) is 0 Å². The van der Waals surface area contributed by atoms with Gasteiger partial charge in [0.15, 0.2) is 0 Å². The Morgan fingerprint density at radius 2 is 1.86 bits per heavy atom. The van der Waals surface area contributed by atoms with Crippen molar-refractivity contribution in [2.24, 2.45) is 5.73 Å². The van der Waals surface area contributed by atoms with Crippen molar-refractivity contribution >= 4 is 5.91 Å². The molecule has 1 aliphatic rings. The van der Waals surface area contributed by atoms with Crippen LogP contribution in [0.4, 0.5) is 0 Å². The summed E-state index contributed by atoms with van der Waals surface area (Å²) in [5.41, 5.74) is 9.16. The maximum atomic E-state index is 11.9. The number of para-hydroxylation sites is 1. The third kappa shape index (κ3) is 2.83. The molecule has 4 heteroatoms. The first kappa shape index (κ1) is 14.6. The van der Waals surface area contributed by atoms with Gasteiger partial charge in [-0.05, 0) is 23.6 Å². The molecule has 2 aromatic carbocycles. The number of nitrogens with zero attached hydrogens (tertiary/aromatic N) is 1. The largest absolute Gasteiger partial charge is 0.496 e. The smallest absolute Gasteiger partial charge is 0.235 e. The van der Waals surface area contributed by atoms with Crippen molar-refractivity contribution in [2.45, 2.75) is 25.6 Å². The van der Waals surface area contributed by atoms with Gasteiger partial charge in [0.25, 0.3) is 0 Å². The molecule has 1 heterocycles. The zero-order chi connectivity index (χ0) is 15.5. The summed E-state index contributed by atoms with van der Waals surface area (Å²) >= 11 is 0. The molecule has 0 saturated heterocycles. The first-order chi connectivity index (χ1) is 10.7. The minimum Gasteiger partial charge on any atom is -0.496 e. The molecule has 2 aromatic rings. The number of hydrogen-bond donors (Lipinski definition) is 1. The number of ether oxygens (including phenoxy) is 1. The Bertz CT molecular complexity index is 684. The predicted molar refractivity (Wildman–Crippen MR) is 85.4 cm³/mol. The Hall–Kier alpha value is -2.33. The summed E-state index contributed by atoms with van der Waals surface area (Å²) in [6.07, 6.45) is 0.667. The first-order valence-corrected chi connectivity index (χ1v) is 7.41. The highest BCUT2D eigenvalue weighted by Gasteiger charge is 2.30. The molecule has 1 atom stereocenters. The molecule has 3 rings (SSSR count). The molecule has 0 spiro atoms. The van der Waals surface area contributed by atoms with Crippen molar-refractivity contribution in [3.05, 3.63) is 65.2 Å². The Kier molecular flexibility index (Phi) is 4.11. The van der Waals surface area contributed by atoms with Gasteiger partial charge in [-0.15, -0.1) is 0 Å². The van der Waals surface area contributed by atoms with Crippen LogP contribution in [0.3, 0.4) is 0 Å². The maximum absolute atomic E-state index is 11.9. The lowest BCUT2D eigenvalue weighted by Gasteiger charge is -2.35. The van der Waals surface area contributed by atoms with Gasteiger partial charge in [0.2, 0.25) is 5.91 Å². The molecule has 1 aliphatic heterocycles. The predicted octanol–water partition coefficient (Wildman–Crippen LogP) is 2.11. The molecular formula is C18H20N2O2. The Morgan fingerprint density at radius 3 is 2.59 bits per heavy atom. The molecule has 0 saturated carbocycles. The summed E-state index contributed by atoms with van der Waals surface area (Å²) in [5, 5.41) is 0. The minimum absolute atomic E-state index is 0.274. The number of rotatable bonds is 4. The van der Waals surface area contributed by atoms with Gasteiger partial charge in [-0.3, -0.25) is 9.69 Å². The summed E-state index contributed by atoms with van der Waals surface area (Å²) in [4.78, 5) is 14.0. The van der Waals surface area contributed by atoms with Gasteiger partial charge in [-0.2, -0.15) is 0 Å². The topological polar surface area (TPSA) is 55.6 Å². The molecule has 1 amide bonds. The van der Waals surface area contributed by atoms with Crippen molar-refractivity contribution in [2.75, 3.05) is 7.11 Å². The number of benzene rings is 2. The van der Waals surface area contributed by atoms with Gasteiger partial charge < -0.3 is 10.5 Å². The molecule has 0 radical (unpaired) electrons. The van der Waals surface area contributed by atoms with E-state index in [1.165, 1.54) is 11.1 Å². The Balaban J connectivity index is 1.89. The van der Waals surface area contributed by atoms with Gasteiger partial charge in [-0.1, -0.05) is 42.5 Å². The van der Waals surface area contributed by atoms with E-state index < -0.39 is 0 Å². The number of hydrogen-bond acceptors (Lipinski definition) is 3. The van der Waals surface area contributed by atoms with E-state index in [2.05, 4.69) is 17.0 Å². The summed E-state index contributed by atoms with van der Waals surface area (Å²) in [5.74, 6) is 0.564. The second-order valence-corrected chi connectivity index (χ2v) is 5.61. The minimum atomic E-state index is -0.278. The van der Waals surface area contributed by atoms with Crippen molar-refractivity contribution in [3.8, 4) is 5.75 Å². The third-order valence-corrected chi connectivity index (χ3v) is 4.24. The lowest BCUT2D eigenvalue weighted by molar-refractivity contribution is -0.124. The van der Waals surface area contributed by atoms with Crippen LogP contribution in [0.25, 0.3) is 0 Å². The molecule has 4 nitrogen and oxygen atoms in total. The first-order valence-electron chi connectivity index (χ1n) is 7.41. The molecule has 1 unspecified atom stereocenters. The van der Waals surface area contributed by atoms with E-state index in [1.807, 2.05) is 36.4 Å². The number of amides is 1. The van der Waals surface area contributed by atoms with E-state index in [0.29, 0.717) is 13.0 Å². The van der Waals surface area contributed by atoms with Crippen LogP contribution in [0.15, 0.2) is 48.5 Å². The van der Waals surface area contributed by atoms with Crippen LogP contribution in [0.1, 0.15) is 16.7 Å². The zero-order valence-electron chi connectivity index (χ0n) is 12.7. The van der Waals surface area contributed by atoms with Gasteiger partial charge in [0.05, 0.1) is 13.2 Å². The van der Waals surface area contributed by atoms with Crippen LogP contribution in [0.2, 0.25) is 0 Å². The summed E-state index contributed by atoms with van der Waals surface area (Å²) in [6, 6.07) is 15.8. The van der Waals surface area contributed by atoms with Crippen LogP contribution >= 0.6 is 0 Å². The summed E-state index contributed by atoms with van der Waals surface area (Å²) < 4.78 is 5.41. The van der Waals surface area contributed by atoms with Gasteiger partial charge in [0, 0.05) is 18.7 Å². The summed E-state index contributed by atoms with van der Waals surface area (Å²) in [6.45, 7) is 1.37. The maximum Gasteiger partial charge on any atom is 0.235 e. The lowest BCUT2D eigenvalue weighted by Crippen LogP contribution is -2.48. The number of carbonyl (C=O) groups is 1. The number of nitrogens with two attached hydrogens (primary N) is 1. The van der Waals surface area contributed by atoms with Crippen molar-refractivity contribution in [3.63, 3.8) is 0 Å². The van der Waals surface area contributed by atoms with E-state index >= 15 is 0 Å². The van der Waals surface area contributed by atoms with Crippen LogP contribution in [-0.2, 0) is 24.3 Å². The van der Waals surface area contributed by atoms with Gasteiger partial charge in [0.1, 0.15) is 5.75 Å². The Morgan fingerprint density at radius 1 is 1.18 bits per heavy atom. The average molecular weight is 296 g/mol. The van der Waals surface area contributed by atoms with Crippen molar-refractivity contribution in [1.82, 2.24) is 4.90 Å². The zero-order valence-corrected chi connectivity index (χ0v) is 12.7. The van der Waals surface area contributed by atoms with E-state index in [4.69, 9.17) is 10.5 Å². The van der Waals surface area contributed by atoms with Crippen LogP contribution in [-0.4, -0.2) is 24.0 Å². The summed E-state index contributed by atoms with van der Waals surface area (Å²) in [7, 11) is 1.66. The number of primary amides is 1. The Labute approximate surface area is 130 Å². The highest BCUT2D eigenvalue weighted by atomic mass is 16.5. The molecule has 0 bridgehead atoms. The highest BCUT2D eigenvalue weighted by Crippen LogP contribution is 2.27. The second kappa shape index (κ2) is 6.20. The number of carbonyl (C=O) groups excluding carboxylic acids is 1. The second-order valence-electron chi connectivity index (χ2n) is 5.61. The monoisotopic (exact) mass is 296 g/mol. The van der Waals surface area contributed by atoms with E-state index in [1.54, 1.807) is 7.11 Å².